The second-order valence-electron chi connectivity index (χ2n) is 8.04. The molecule has 3 aromatic rings. The van der Waals surface area contributed by atoms with Crippen LogP contribution in [0.15, 0.2) is 72.8 Å². The van der Waals surface area contributed by atoms with Crippen molar-refractivity contribution < 1.29 is 19.1 Å². The van der Waals surface area contributed by atoms with Crippen molar-refractivity contribution in [1.82, 2.24) is 4.90 Å². The molecular weight excluding hydrogens is 454 g/mol. The van der Waals surface area contributed by atoms with Crippen LogP contribution in [0.2, 0.25) is 5.02 Å². The topological polar surface area (TPSA) is 71.1 Å². The molecule has 2 amide bonds. The number of hydrogen-bond donors (Lipinski definition) is 1. The lowest BCUT2D eigenvalue weighted by Crippen LogP contribution is -2.52. The zero-order chi connectivity index (χ0) is 23.5. The number of hydrogen-bond acceptors (Lipinski definition) is 5. The van der Waals surface area contributed by atoms with Gasteiger partial charge in [-0.25, -0.2) is 0 Å². The quantitative estimate of drug-likeness (QED) is 0.593. The van der Waals surface area contributed by atoms with Gasteiger partial charge >= 0.3 is 0 Å². The molecule has 8 heteroatoms. The van der Waals surface area contributed by atoms with Gasteiger partial charge in [0.05, 0.1) is 35.1 Å². The minimum Gasteiger partial charge on any atom is -0.489 e. The second-order valence-corrected chi connectivity index (χ2v) is 8.45. The summed E-state index contributed by atoms with van der Waals surface area (Å²) in [6, 6.07) is 21.7. The van der Waals surface area contributed by atoms with Crippen LogP contribution in [0.4, 0.5) is 11.4 Å². The van der Waals surface area contributed by atoms with Gasteiger partial charge in [0.1, 0.15) is 18.5 Å². The molecule has 1 saturated heterocycles. The Morgan fingerprint density at radius 2 is 1.71 bits per heavy atom. The summed E-state index contributed by atoms with van der Waals surface area (Å²) in [7, 11) is 0. The molecule has 7 nitrogen and oxygen atoms in total. The van der Waals surface area contributed by atoms with E-state index in [2.05, 4.69) is 5.32 Å². The molecular formula is C26H24ClN3O4. The molecule has 5 rings (SSSR count). The van der Waals surface area contributed by atoms with Crippen molar-refractivity contribution in [2.45, 2.75) is 6.17 Å². The molecule has 0 bridgehead atoms. The Hall–Kier alpha value is -3.55. The van der Waals surface area contributed by atoms with Crippen LogP contribution in [0, 0.1) is 0 Å². The summed E-state index contributed by atoms with van der Waals surface area (Å²) in [5, 5.41) is 3.86. The summed E-state index contributed by atoms with van der Waals surface area (Å²) < 4.78 is 11.5. The molecule has 0 aliphatic carbocycles. The highest BCUT2D eigenvalue weighted by molar-refractivity contribution is 6.34. The van der Waals surface area contributed by atoms with E-state index < -0.39 is 6.17 Å². The number of carbonyl (C=O) groups excluding carboxylic acids is 2. The average Bonchev–Trinajstić information content (AvgIpc) is 2.88. The number of ether oxygens (including phenoxy) is 2. The van der Waals surface area contributed by atoms with Gasteiger partial charge in [0.25, 0.3) is 11.8 Å². The fraction of sp³-hybridized carbons (Fsp3) is 0.231. The number of morpholine rings is 1. The molecule has 0 spiro atoms. The number of amides is 2. The molecule has 1 atom stereocenters. The van der Waals surface area contributed by atoms with Crippen molar-refractivity contribution in [1.29, 1.82) is 0 Å². The molecule has 174 valence electrons. The van der Waals surface area contributed by atoms with Gasteiger partial charge in [-0.2, -0.15) is 0 Å². The van der Waals surface area contributed by atoms with Crippen LogP contribution < -0.4 is 15.0 Å². The summed E-state index contributed by atoms with van der Waals surface area (Å²) in [5.74, 6) is 0.194. The molecule has 2 heterocycles. The normalized spacial score (nSPS) is 17.7. The van der Waals surface area contributed by atoms with E-state index in [9.17, 15) is 9.59 Å². The van der Waals surface area contributed by atoms with Gasteiger partial charge in [-0.05, 0) is 36.4 Å². The predicted octanol–water partition coefficient (Wildman–Crippen LogP) is 4.29. The Morgan fingerprint density at radius 3 is 2.53 bits per heavy atom. The maximum atomic E-state index is 13.5. The molecule has 2 aliphatic rings. The molecule has 2 aliphatic heterocycles. The molecule has 1 fully saturated rings. The fourth-order valence-corrected chi connectivity index (χ4v) is 4.45. The number of nitrogens with zero attached hydrogens (tertiary/aromatic N) is 2. The van der Waals surface area contributed by atoms with Gasteiger partial charge in [0.2, 0.25) is 0 Å². The lowest BCUT2D eigenvalue weighted by Gasteiger charge is -2.38. The molecule has 1 N–H and O–H groups in total. The van der Waals surface area contributed by atoms with Gasteiger partial charge in [-0.3, -0.25) is 14.5 Å². The predicted molar refractivity (Wildman–Crippen MR) is 131 cm³/mol. The van der Waals surface area contributed by atoms with Gasteiger partial charge in [0, 0.05) is 18.8 Å². The van der Waals surface area contributed by atoms with Crippen molar-refractivity contribution in [2.24, 2.45) is 0 Å². The number of nitrogens with one attached hydrogen (secondary N) is 1. The fourth-order valence-electron chi connectivity index (χ4n) is 4.23. The zero-order valence-corrected chi connectivity index (χ0v) is 19.2. The summed E-state index contributed by atoms with van der Waals surface area (Å²) in [5.41, 5.74) is 2.35. The van der Waals surface area contributed by atoms with E-state index >= 15 is 0 Å². The molecule has 0 unspecified atom stereocenters. The van der Waals surface area contributed by atoms with Crippen molar-refractivity contribution in [3.63, 3.8) is 0 Å². The molecule has 3 aromatic carbocycles. The number of anilines is 2. The summed E-state index contributed by atoms with van der Waals surface area (Å²) in [6.45, 7) is 2.24. The van der Waals surface area contributed by atoms with Crippen molar-refractivity contribution in [2.75, 3.05) is 43.1 Å². The Labute approximate surface area is 202 Å². The number of halogens is 1. The Bertz CT molecular complexity index is 1210. The first-order valence-corrected chi connectivity index (χ1v) is 11.5. The zero-order valence-electron chi connectivity index (χ0n) is 18.4. The van der Waals surface area contributed by atoms with Crippen molar-refractivity contribution in [3.05, 3.63) is 88.9 Å². The first-order chi connectivity index (χ1) is 16.6. The Kier molecular flexibility index (Phi) is 6.38. The Balaban J connectivity index is 1.43. The molecule has 0 aromatic heterocycles. The van der Waals surface area contributed by atoms with Crippen LogP contribution in [0.25, 0.3) is 0 Å². The maximum absolute atomic E-state index is 13.5. The van der Waals surface area contributed by atoms with Crippen LogP contribution in [-0.4, -0.2) is 55.8 Å². The van der Waals surface area contributed by atoms with Crippen LogP contribution >= 0.6 is 11.6 Å². The van der Waals surface area contributed by atoms with Crippen molar-refractivity contribution in [3.8, 4) is 5.75 Å². The highest BCUT2D eigenvalue weighted by Gasteiger charge is 2.34. The third kappa shape index (κ3) is 4.32. The number of fused-ring (bicyclic) bond motifs is 1. The number of carbonyl (C=O) groups is 2. The molecule has 0 saturated carbocycles. The van der Waals surface area contributed by atoms with Crippen molar-refractivity contribution >= 4 is 34.8 Å². The van der Waals surface area contributed by atoms with E-state index in [0.29, 0.717) is 53.9 Å². The average molecular weight is 478 g/mol. The molecule has 0 radical (unpaired) electrons. The first-order valence-electron chi connectivity index (χ1n) is 11.2. The van der Waals surface area contributed by atoms with E-state index in [0.717, 1.165) is 5.69 Å². The lowest BCUT2D eigenvalue weighted by molar-refractivity contribution is 0.0300. The standard InChI is InChI=1S/C26H24ClN3O4/c27-20-9-3-5-11-22(20)30-24(28-21-10-4-1-7-18(21)26(30)32)17-34-23-12-6-2-8-19(23)25(31)29-13-15-33-16-14-29/h1-12,24,28H,13-17H2/t24-/m1/s1. The van der Waals surface area contributed by atoms with Crippen LogP contribution in [0.3, 0.4) is 0 Å². The van der Waals surface area contributed by atoms with Gasteiger partial charge in [-0.1, -0.05) is 48.0 Å². The second kappa shape index (κ2) is 9.75. The number of benzene rings is 3. The monoisotopic (exact) mass is 477 g/mol. The first kappa shape index (κ1) is 22.3. The minimum absolute atomic E-state index is 0.0973. The van der Waals surface area contributed by atoms with Crippen LogP contribution in [0.1, 0.15) is 20.7 Å². The summed E-state index contributed by atoms with van der Waals surface area (Å²) in [6.07, 6.45) is -0.533. The third-order valence-corrected chi connectivity index (χ3v) is 6.25. The van der Waals surface area contributed by atoms with Gasteiger partial charge < -0.3 is 19.7 Å². The summed E-state index contributed by atoms with van der Waals surface area (Å²) in [4.78, 5) is 30.0. The highest BCUT2D eigenvalue weighted by Crippen LogP contribution is 2.34. The minimum atomic E-state index is -0.533. The Morgan fingerprint density at radius 1 is 1.00 bits per heavy atom. The highest BCUT2D eigenvalue weighted by atomic mass is 35.5. The maximum Gasteiger partial charge on any atom is 0.262 e. The lowest BCUT2D eigenvalue weighted by atomic mass is 10.1. The van der Waals surface area contributed by atoms with E-state index in [-0.39, 0.29) is 18.4 Å². The summed E-state index contributed by atoms with van der Waals surface area (Å²) >= 11 is 6.46. The van der Waals surface area contributed by atoms with E-state index in [1.807, 2.05) is 42.5 Å². The number of rotatable bonds is 5. The largest absolute Gasteiger partial charge is 0.489 e. The van der Waals surface area contributed by atoms with Gasteiger partial charge in [-0.15, -0.1) is 0 Å². The van der Waals surface area contributed by atoms with E-state index in [1.165, 1.54) is 0 Å². The SMILES string of the molecule is O=C(c1ccccc1OC[C@@H]1Nc2ccccc2C(=O)N1c1ccccc1Cl)N1CCOCC1. The number of para-hydroxylation sites is 3. The third-order valence-electron chi connectivity index (χ3n) is 5.93. The van der Waals surface area contributed by atoms with E-state index in [1.54, 1.807) is 40.1 Å². The van der Waals surface area contributed by atoms with Crippen LogP contribution in [-0.2, 0) is 4.74 Å². The molecule has 34 heavy (non-hydrogen) atoms. The smallest absolute Gasteiger partial charge is 0.262 e. The van der Waals surface area contributed by atoms with E-state index in [4.69, 9.17) is 21.1 Å². The van der Waals surface area contributed by atoms with Gasteiger partial charge in [0.15, 0.2) is 0 Å². The van der Waals surface area contributed by atoms with Crippen LogP contribution in [0.5, 0.6) is 5.75 Å².